The highest BCUT2D eigenvalue weighted by Crippen LogP contribution is 1.99. The van der Waals surface area contributed by atoms with Crippen molar-refractivity contribution in [3.63, 3.8) is 0 Å². The molecule has 64 valence electrons. The Morgan fingerprint density at radius 1 is 1.64 bits per heavy atom. The zero-order valence-corrected chi connectivity index (χ0v) is 7.85. The van der Waals surface area contributed by atoms with E-state index in [0.29, 0.717) is 6.04 Å². The molecule has 0 aliphatic carbocycles. The lowest BCUT2D eigenvalue weighted by atomic mass is 10.1. The van der Waals surface area contributed by atoms with Crippen LogP contribution in [-0.4, -0.2) is 12.6 Å². The third kappa shape index (κ3) is 4.79. The van der Waals surface area contributed by atoms with Gasteiger partial charge in [-0.15, -0.1) is 0 Å². The normalized spacial score (nSPS) is 14.6. The molecule has 0 rings (SSSR count). The molecule has 0 bridgehead atoms. The molecule has 1 heteroatoms. The van der Waals surface area contributed by atoms with Crippen LogP contribution in [0.1, 0.15) is 27.2 Å². The highest BCUT2D eigenvalue weighted by Gasteiger charge is 1.99. The molecule has 0 spiro atoms. The van der Waals surface area contributed by atoms with Crippen molar-refractivity contribution in [3.05, 3.63) is 24.3 Å². The molecule has 0 saturated carbocycles. The van der Waals surface area contributed by atoms with Gasteiger partial charge in [0.15, 0.2) is 0 Å². The molecule has 0 aromatic carbocycles. The number of hydrogen-bond acceptors (Lipinski definition) is 1. The molecular formula is C10H19N. The fourth-order valence-corrected chi connectivity index (χ4v) is 0.852. The van der Waals surface area contributed by atoms with Gasteiger partial charge in [0.1, 0.15) is 0 Å². The minimum Gasteiger partial charge on any atom is -0.311 e. The third-order valence-electron chi connectivity index (χ3n) is 1.76. The summed E-state index contributed by atoms with van der Waals surface area (Å²) in [6.45, 7) is 11.2. The summed E-state index contributed by atoms with van der Waals surface area (Å²) in [7, 11) is 0. The predicted molar refractivity (Wildman–Crippen MR) is 51.7 cm³/mol. The van der Waals surface area contributed by atoms with Crippen LogP contribution in [0.4, 0.5) is 0 Å². The van der Waals surface area contributed by atoms with Crippen molar-refractivity contribution in [2.24, 2.45) is 0 Å². The van der Waals surface area contributed by atoms with E-state index >= 15 is 0 Å². The van der Waals surface area contributed by atoms with Gasteiger partial charge < -0.3 is 5.32 Å². The van der Waals surface area contributed by atoms with Gasteiger partial charge in [0.2, 0.25) is 0 Å². The van der Waals surface area contributed by atoms with Crippen LogP contribution in [0.15, 0.2) is 24.3 Å². The van der Waals surface area contributed by atoms with Crippen molar-refractivity contribution >= 4 is 0 Å². The molecule has 0 amide bonds. The van der Waals surface area contributed by atoms with E-state index in [1.54, 1.807) is 0 Å². The van der Waals surface area contributed by atoms with Crippen molar-refractivity contribution in [2.75, 3.05) is 6.54 Å². The minimum absolute atomic E-state index is 0.480. The van der Waals surface area contributed by atoms with Gasteiger partial charge in [-0.1, -0.05) is 31.2 Å². The topological polar surface area (TPSA) is 12.0 Å². The van der Waals surface area contributed by atoms with Crippen LogP contribution in [0.25, 0.3) is 0 Å². The molecule has 11 heavy (non-hydrogen) atoms. The van der Waals surface area contributed by atoms with Gasteiger partial charge in [0, 0.05) is 6.04 Å². The molecule has 0 radical (unpaired) electrons. The van der Waals surface area contributed by atoms with Crippen molar-refractivity contribution < 1.29 is 0 Å². The summed E-state index contributed by atoms with van der Waals surface area (Å²) in [6, 6.07) is 0.480. The maximum atomic E-state index is 3.66. The van der Waals surface area contributed by atoms with Crippen LogP contribution >= 0.6 is 0 Å². The first kappa shape index (κ1) is 10.4. The molecule has 0 unspecified atom stereocenters. The van der Waals surface area contributed by atoms with Crippen LogP contribution in [0, 0.1) is 0 Å². The van der Waals surface area contributed by atoms with Crippen LogP contribution in [0.2, 0.25) is 0 Å². The molecule has 0 fully saturated rings. The van der Waals surface area contributed by atoms with Crippen molar-refractivity contribution in [3.8, 4) is 0 Å². The quantitative estimate of drug-likeness (QED) is 0.598. The molecule has 1 N–H and O–H groups in total. The number of rotatable bonds is 5. The Kier molecular flexibility index (Phi) is 5.86. The summed E-state index contributed by atoms with van der Waals surface area (Å²) in [5.41, 5.74) is 1.34. The maximum absolute atomic E-state index is 3.66. The molecule has 0 saturated heterocycles. The number of nitrogens with one attached hydrogen (secondary N) is 1. The predicted octanol–water partition coefficient (Wildman–Crippen LogP) is 2.51. The van der Waals surface area contributed by atoms with E-state index in [-0.39, 0.29) is 0 Å². The first-order valence-corrected chi connectivity index (χ1v) is 4.25. The van der Waals surface area contributed by atoms with Gasteiger partial charge in [0.25, 0.3) is 0 Å². The van der Waals surface area contributed by atoms with Gasteiger partial charge >= 0.3 is 0 Å². The Bertz CT molecular complexity index is 136. The van der Waals surface area contributed by atoms with Gasteiger partial charge in [-0.2, -0.15) is 0 Å². The summed E-state index contributed by atoms with van der Waals surface area (Å²) >= 11 is 0. The Morgan fingerprint density at radius 3 is 2.73 bits per heavy atom. The molecular weight excluding hydrogens is 134 g/mol. The fourth-order valence-electron chi connectivity index (χ4n) is 0.852. The van der Waals surface area contributed by atoms with E-state index in [2.05, 4.69) is 32.7 Å². The van der Waals surface area contributed by atoms with Crippen molar-refractivity contribution in [1.29, 1.82) is 0 Å². The summed E-state index contributed by atoms with van der Waals surface area (Å²) in [5, 5.41) is 3.40. The molecule has 0 aliphatic rings. The standard InChI is InChI=1S/C10H19N/c1-5-7-9(3)10(4)11-8-6-2/h5,7,10-11H,1,6,8H2,2-4H3/b9-7+/t10-/m1/s1. The summed E-state index contributed by atoms with van der Waals surface area (Å²) < 4.78 is 0. The number of hydrogen-bond donors (Lipinski definition) is 1. The highest BCUT2D eigenvalue weighted by molar-refractivity contribution is 5.12. The van der Waals surface area contributed by atoms with Crippen LogP contribution < -0.4 is 5.32 Å². The highest BCUT2D eigenvalue weighted by atomic mass is 14.9. The SMILES string of the molecule is C=C/C=C(\C)[C@@H](C)NCCC. The van der Waals surface area contributed by atoms with E-state index in [1.807, 2.05) is 12.2 Å². The van der Waals surface area contributed by atoms with Crippen molar-refractivity contribution in [1.82, 2.24) is 5.32 Å². The molecule has 0 aromatic heterocycles. The third-order valence-corrected chi connectivity index (χ3v) is 1.76. The molecule has 0 heterocycles. The van der Waals surface area contributed by atoms with E-state index in [0.717, 1.165) is 6.54 Å². The summed E-state index contributed by atoms with van der Waals surface area (Å²) in [4.78, 5) is 0. The fraction of sp³-hybridized carbons (Fsp3) is 0.600. The van der Waals surface area contributed by atoms with E-state index < -0.39 is 0 Å². The Morgan fingerprint density at radius 2 is 2.27 bits per heavy atom. The number of allylic oxidation sites excluding steroid dienone is 2. The van der Waals surface area contributed by atoms with E-state index in [9.17, 15) is 0 Å². The Labute approximate surface area is 70.2 Å². The van der Waals surface area contributed by atoms with E-state index in [1.165, 1.54) is 12.0 Å². The van der Waals surface area contributed by atoms with Crippen LogP contribution in [0.5, 0.6) is 0 Å². The largest absolute Gasteiger partial charge is 0.311 e. The lowest BCUT2D eigenvalue weighted by molar-refractivity contribution is 0.602. The minimum atomic E-state index is 0.480. The smallest absolute Gasteiger partial charge is 0.0251 e. The second kappa shape index (κ2) is 6.17. The van der Waals surface area contributed by atoms with Gasteiger partial charge in [0.05, 0.1) is 0 Å². The zero-order chi connectivity index (χ0) is 8.69. The lowest BCUT2D eigenvalue weighted by Gasteiger charge is -2.12. The molecule has 0 aromatic rings. The lowest BCUT2D eigenvalue weighted by Crippen LogP contribution is -2.27. The van der Waals surface area contributed by atoms with Gasteiger partial charge in [-0.3, -0.25) is 0 Å². The molecule has 0 aliphatic heterocycles. The zero-order valence-electron chi connectivity index (χ0n) is 7.85. The second-order valence-electron chi connectivity index (χ2n) is 2.82. The van der Waals surface area contributed by atoms with Gasteiger partial charge in [-0.25, -0.2) is 0 Å². The maximum Gasteiger partial charge on any atom is 0.0251 e. The van der Waals surface area contributed by atoms with Crippen LogP contribution in [0.3, 0.4) is 0 Å². The average Bonchev–Trinajstić information content (AvgIpc) is 2.00. The summed E-state index contributed by atoms with van der Waals surface area (Å²) in [5.74, 6) is 0. The van der Waals surface area contributed by atoms with E-state index in [4.69, 9.17) is 0 Å². The summed E-state index contributed by atoms with van der Waals surface area (Å²) in [6.07, 6.45) is 5.07. The molecule has 1 nitrogen and oxygen atoms in total. The first-order chi connectivity index (χ1) is 5.22. The van der Waals surface area contributed by atoms with Gasteiger partial charge in [-0.05, 0) is 26.8 Å². The first-order valence-electron chi connectivity index (χ1n) is 4.25. The Hall–Kier alpha value is -0.560. The average molecular weight is 153 g/mol. The van der Waals surface area contributed by atoms with Crippen LogP contribution in [-0.2, 0) is 0 Å². The second-order valence-corrected chi connectivity index (χ2v) is 2.82. The van der Waals surface area contributed by atoms with Crippen molar-refractivity contribution in [2.45, 2.75) is 33.2 Å². The molecule has 1 atom stereocenters. The Balaban J connectivity index is 3.72. The monoisotopic (exact) mass is 153 g/mol.